The molecule has 0 fully saturated rings. The third-order valence-electron chi connectivity index (χ3n) is 5.36. The van der Waals surface area contributed by atoms with E-state index in [0.717, 1.165) is 35.2 Å². The summed E-state index contributed by atoms with van der Waals surface area (Å²) < 4.78 is 36.1. The molecule has 0 bridgehead atoms. The first-order valence-corrected chi connectivity index (χ1v) is 12.1. The molecule has 2 aromatic heterocycles. The van der Waals surface area contributed by atoms with Crippen LogP contribution < -0.4 is 0 Å². The lowest BCUT2D eigenvalue weighted by atomic mass is 10.1. The van der Waals surface area contributed by atoms with Crippen molar-refractivity contribution in [1.29, 1.82) is 0 Å². The van der Waals surface area contributed by atoms with Gasteiger partial charge >= 0.3 is 6.18 Å². The highest BCUT2D eigenvalue weighted by Crippen LogP contribution is 2.29. The maximum atomic E-state index is 12.0. The van der Waals surface area contributed by atoms with Crippen LogP contribution in [-0.4, -0.2) is 9.97 Å². The zero-order valence-corrected chi connectivity index (χ0v) is 21.5. The van der Waals surface area contributed by atoms with Crippen LogP contribution in [0.4, 0.5) is 13.2 Å². The molecule has 0 aliphatic heterocycles. The number of aryl methyl sites for hydroxylation is 3. The van der Waals surface area contributed by atoms with Gasteiger partial charge in [0, 0.05) is 23.2 Å². The molecule has 0 aliphatic carbocycles. The van der Waals surface area contributed by atoms with E-state index in [-0.39, 0.29) is 0 Å². The molecule has 0 spiro atoms. The number of aromatic nitrogens is 2. The van der Waals surface area contributed by atoms with Crippen molar-refractivity contribution in [1.82, 2.24) is 9.97 Å². The third-order valence-corrected chi connectivity index (χ3v) is 5.36. The van der Waals surface area contributed by atoms with Crippen molar-refractivity contribution in [2.45, 2.75) is 47.2 Å². The summed E-state index contributed by atoms with van der Waals surface area (Å²) in [6.07, 6.45) is 0.203. The van der Waals surface area contributed by atoms with Gasteiger partial charge in [0.15, 0.2) is 0 Å². The van der Waals surface area contributed by atoms with Gasteiger partial charge in [-0.15, -0.1) is 0 Å². The normalized spacial score (nSPS) is 10.3. The maximum absolute atomic E-state index is 12.0. The van der Waals surface area contributed by atoms with Crippen molar-refractivity contribution in [2.75, 3.05) is 0 Å². The number of halogens is 3. The van der Waals surface area contributed by atoms with Gasteiger partial charge in [-0.05, 0) is 61.2 Å². The lowest BCUT2D eigenvalue weighted by Gasteiger charge is -2.06. The topological polar surface area (TPSA) is 25.8 Å². The SMILES string of the molecule is CC.CCc1ccc(C(F)(F)F)cc1.Cc1cccc2cccnc12.Cc1cccc2cccnc12. The smallest absolute Gasteiger partial charge is 0.256 e. The van der Waals surface area contributed by atoms with E-state index in [2.05, 4.69) is 72.3 Å². The second-order valence-corrected chi connectivity index (χ2v) is 7.85. The van der Waals surface area contributed by atoms with E-state index in [1.807, 2.05) is 45.3 Å². The molecule has 5 aromatic rings. The molecule has 0 atom stereocenters. The number of benzene rings is 3. The second-order valence-electron chi connectivity index (χ2n) is 7.85. The highest BCUT2D eigenvalue weighted by Gasteiger charge is 2.29. The summed E-state index contributed by atoms with van der Waals surface area (Å²) in [6.45, 7) is 10.1. The molecular weight excluding hydrogens is 457 g/mol. The van der Waals surface area contributed by atoms with Crippen LogP contribution in [0, 0.1) is 13.8 Å². The van der Waals surface area contributed by atoms with Crippen LogP contribution in [0.15, 0.2) is 97.3 Å². The average molecular weight is 491 g/mol. The van der Waals surface area contributed by atoms with Crippen molar-refractivity contribution >= 4 is 21.8 Å². The highest BCUT2D eigenvalue weighted by molar-refractivity contribution is 5.81. The Labute approximate surface area is 211 Å². The lowest BCUT2D eigenvalue weighted by molar-refractivity contribution is -0.137. The van der Waals surface area contributed by atoms with Crippen LogP contribution in [0.1, 0.15) is 43.0 Å². The van der Waals surface area contributed by atoms with Gasteiger partial charge in [0.25, 0.3) is 0 Å². The zero-order chi connectivity index (χ0) is 26.6. The average Bonchev–Trinajstić information content (AvgIpc) is 2.91. The van der Waals surface area contributed by atoms with Gasteiger partial charge in [-0.25, -0.2) is 0 Å². The summed E-state index contributed by atoms with van der Waals surface area (Å²) in [7, 11) is 0. The Hall–Kier alpha value is -3.73. The summed E-state index contributed by atoms with van der Waals surface area (Å²) in [4.78, 5) is 8.56. The summed E-state index contributed by atoms with van der Waals surface area (Å²) in [5, 5.41) is 2.43. The van der Waals surface area contributed by atoms with E-state index >= 15 is 0 Å². The predicted octanol–water partition coefficient (Wildman–Crippen LogP) is 9.38. The minimum absolute atomic E-state index is 0.584. The van der Waals surface area contributed by atoms with Gasteiger partial charge in [-0.3, -0.25) is 9.97 Å². The maximum Gasteiger partial charge on any atom is 0.416 e. The van der Waals surface area contributed by atoms with Crippen LogP contribution in [-0.2, 0) is 12.6 Å². The van der Waals surface area contributed by atoms with Gasteiger partial charge in [0.1, 0.15) is 0 Å². The van der Waals surface area contributed by atoms with Crippen LogP contribution in [0.2, 0.25) is 0 Å². The second kappa shape index (κ2) is 14.0. The molecule has 2 heterocycles. The molecule has 0 N–H and O–H groups in total. The fourth-order valence-corrected chi connectivity index (χ4v) is 3.44. The fourth-order valence-electron chi connectivity index (χ4n) is 3.44. The Balaban J connectivity index is 0.000000184. The number of hydrogen-bond acceptors (Lipinski definition) is 2. The molecule has 188 valence electrons. The van der Waals surface area contributed by atoms with E-state index in [9.17, 15) is 13.2 Å². The van der Waals surface area contributed by atoms with Crippen molar-refractivity contribution in [3.05, 3.63) is 120 Å². The number of pyridine rings is 2. The summed E-state index contributed by atoms with van der Waals surface area (Å²) in [6, 6.07) is 25.7. The summed E-state index contributed by atoms with van der Waals surface area (Å²) in [5.41, 5.74) is 5.03. The Bertz CT molecular complexity index is 1260. The molecule has 36 heavy (non-hydrogen) atoms. The first kappa shape index (κ1) is 28.5. The Morgan fingerprint density at radius 1 is 0.611 bits per heavy atom. The van der Waals surface area contributed by atoms with Crippen LogP contribution in [0.25, 0.3) is 21.8 Å². The number of hydrogen-bond donors (Lipinski definition) is 0. The first-order valence-electron chi connectivity index (χ1n) is 12.1. The number of nitrogens with zero attached hydrogens (tertiary/aromatic N) is 2. The standard InChI is InChI=1S/2C10H9N.C9H9F3.C2H6/c2*1-8-4-2-5-9-6-3-7-11-10(8)9;1-2-7-3-5-8(6-4-7)9(10,11)12;1-2/h2*2-7H,1H3;3-6H,2H2,1H3;1-2H3. The minimum Gasteiger partial charge on any atom is -0.256 e. The molecule has 0 saturated heterocycles. The van der Waals surface area contributed by atoms with Crippen molar-refractivity contribution < 1.29 is 13.2 Å². The molecule has 2 nitrogen and oxygen atoms in total. The number of rotatable bonds is 1. The van der Waals surface area contributed by atoms with Crippen molar-refractivity contribution in [3.8, 4) is 0 Å². The molecule has 0 saturated carbocycles. The van der Waals surface area contributed by atoms with Gasteiger partial charge < -0.3 is 0 Å². The molecule has 0 aliphatic rings. The Morgan fingerprint density at radius 2 is 1.03 bits per heavy atom. The highest BCUT2D eigenvalue weighted by atomic mass is 19.4. The number of para-hydroxylation sites is 2. The number of alkyl halides is 3. The largest absolute Gasteiger partial charge is 0.416 e. The van der Waals surface area contributed by atoms with E-state index in [4.69, 9.17) is 0 Å². The molecule has 0 amide bonds. The molecule has 5 heteroatoms. The monoisotopic (exact) mass is 490 g/mol. The Kier molecular flexibility index (Phi) is 11.1. The lowest BCUT2D eigenvalue weighted by Crippen LogP contribution is -2.04. The molecule has 0 unspecified atom stereocenters. The van der Waals surface area contributed by atoms with E-state index in [1.54, 1.807) is 0 Å². The van der Waals surface area contributed by atoms with Gasteiger partial charge in [-0.2, -0.15) is 13.2 Å². The van der Waals surface area contributed by atoms with Crippen LogP contribution in [0.3, 0.4) is 0 Å². The quantitative estimate of drug-likeness (QED) is 0.234. The van der Waals surface area contributed by atoms with Gasteiger partial charge in [-0.1, -0.05) is 81.4 Å². The van der Waals surface area contributed by atoms with E-state index in [1.165, 1.54) is 34.0 Å². The molecule has 0 radical (unpaired) electrons. The Morgan fingerprint density at radius 3 is 1.39 bits per heavy atom. The first-order chi connectivity index (χ1) is 17.3. The summed E-state index contributed by atoms with van der Waals surface area (Å²) >= 11 is 0. The number of fused-ring (bicyclic) bond motifs is 2. The van der Waals surface area contributed by atoms with Crippen molar-refractivity contribution in [3.63, 3.8) is 0 Å². The molecule has 5 rings (SSSR count). The third kappa shape index (κ3) is 8.19. The molecule has 3 aromatic carbocycles. The minimum atomic E-state index is -4.22. The van der Waals surface area contributed by atoms with E-state index in [0.29, 0.717) is 0 Å². The van der Waals surface area contributed by atoms with Crippen molar-refractivity contribution in [2.24, 2.45) is 0 Å². The van der Waals surface area contributed by atoms with E-state index < -0.39 is 11.7 Å². The fraction of sp³-hybridized carbons (Fsp3) is 0.226. The summed E-state index contributed by atoms with van der Waals surface area (Å²) in [5.74, 6) is 0. The van der Waals surface area contributed by atoms with Crippen LogP contribution >= 0.6 is 0 Å². The van der Waals surface area contributed by atoms with Crippen LogP contribution in [0.5, 0.6) is 0 Å². The molecular formula is C31H33F3N2. The zero-order valence-electron chi connectivity index (χ0n) is 21.5. The van der Waals surface area contributed by atoms with Gasteiger partial charge in [0.05, 0.1) is 16.6 Å². The predicted molar refractivity (Wildman–Crippen MR) is 145 cm³/mol. The van der Waals surface area contributed by atoms with Gasteiger partial charge in [0.2, 0.25) is 0 Å².